The highest BCUT2D eigenvalue weighted by Gasteiger charge is 2.14. The number of carbonyl (C=O) groups is 1. The van der Waals surface area contributed by atoms with E-state index in [0.29, 0.717) is 12.1 Å². The van der Waals surface area contributed by atoms with Crippen LogP contribution in [0.5, 0.6) is 0 Å². The lowest BCUT2D eigenvalue weighted by atomic mass is 10.3. The van der Waals surface area contributed by atoms with Gasteiger partial charge in [-0.05, 0) is 12.1 Å². The largest absolute Gasteiger partial charge is 0.323 e. The predicted molar refractivity (Wildman–Crippen MR) is 68.2 cm³/mol. The Balaban J connectivity index is 2.13. The smallest absolute Gasteiger partial charge is 0.308 e. The molecule has 2 N–H and O–H groups in total. The van der Waals surface area contributed by atoms with E-state index in [-0.39, 0.29) is 10.8 Å². The Labute approximate surface area is 116 Å². The number of pyridine rings is 1. The Morgan fingerprint density at radius 1 is 1.10 bits per heavy atom. The van der Waals surface area contributed by atoms with Gasteiger partial charge in [0, 0.05) is 24.0 Å². The molecule has 0 aliphatic carbocycles. The molecular weight excluding hydrogens is 295 g/mol. The molecule has 2 amide bonds. The van der Waals surface area contributed by atoms with Gasteiger partial charge in [0.15, 0.2) is 11.6 Å². The van der Waals surface area contributed by atoms with Gasteiger partial charge in [0.2, 0.25) is 0 Å². The maximum absolute atomic E-state index is 13.3. The van der Waals surface area contributed by atoms with Crippen molar-refractivity contribution in [1.29, 1.82) is 0 Å². The maximum atomic E-state index is 13.3. The van der Waals surface area contributed by atoms with E-state index in [2.05, 4.69) is 10.3 Å². The minimum absolute atomic E-state index is 0.141. The molecule has 2 aromatic rings. The summed E-state index contributed by atoms with van der Waals surface area (Å²) in [5, 5.41) is 4.38. The summed E-state index contributed by atoms with van der Waals surface area (Å²) < 4.78 is 39.3. The number of nitrogens with zero attached hydrogens (tertiary/aromatic N) is 1. The Morgan fingerprint density at radius 2 is 1.75 bits per heavy atom. The molecule has 4 nitrogen and oxygen atoms in total. The van der Waals surface area contributed by atoms with E-state index in [1.807, 2.05) is 5.32 Å². The molecule has 0 aliphatic rings. The quantitative estimate of drug-likeness (QED) is 0.829. The van der Waals surface area contributed by atoms with Crippen LogP contribution in [0.25, 0.3) is 0 Å². The van der Waals surface area contributed by atoms with E-state index >= 15 is 0 Å². The zero-order valence-corrected chi connectivity index (χ0v) is 10.5. The summed E-state index contributed by atoms with van der Waals surface area (Å²) >= 11 is 5.61. The molecule has 20 heavy (non-hydrogen) atoms. The fraction of sp³-hybridized carbons (Fsp3) is 0. The van der Waals surface area contributed by atoms with Crippen molar-refractivity contribution in [2.24, 2.45) is 0 Å². The number of hydrogen-bond acceptors (Lipinski definition) is 2. The lowest BCUT2D eigenvalue weighted by Gasteiger charge is -2.09. The van der Waals surface area contributed by atoms with E-state index in [9.17, 15) is 18.0 Å². The van der Waals surface area contributed by atoms with Gasteiger partial charge in [-0.15, -0.1) is 0 Å². The van der Waals surface area contributed by atoms with Gasteiger partial charge in [0.1, 0.15) is 16.7 Å². The SMILES string of the molecule is O=C(Nc1ccnc(Cl)c1)Nc1c(F)cc(F)cc1F. The molecule has 1 heterocycles. The first kappa shape index (κ1) is 14.1. The monoisotopic (exact) mass is 301 g/mol. The zero-order valence-electron chi connectivity index (χ0n) is 9.75. The van der Waals surface area contributed by atoms with Crippen LogP contribution in [0.1, 0.15) is 0 Å². The van der Waals surface area contributed by atoms with Gasteiger partial charge in [-0.1, -0.05) is 11.6 Å². The second kappa shape index (κ2) is 5.79. The van der Waals surface area contributed by atoms with E-state index < -0.39 is 29.2 Å². The molecule has 0 atom stereocenters. The van der Waals surface area contributed by atoms with Crippen LogP contribution in [0.3, 0.4) is 0 Å². The Hall–Kier alpha value is -2.28. The van der Waals surface area contributed by atoms with Gasteiger partial charge in [0.25, 0.3) is 0 Å². The van der Waals surface area contributed by atoms with Crippen LogP contribution in [0.2, 0.25) is 5.15 Å². The van der Waals surface area contributed by atoms with E-state index in [1.54, 1.807) is 0 Å². The van der Waals surface area contributed by atoms with E-state index in [0.717, 1.165) is 0 Å². The number of halogens is 4. The molecule has 0 aliphatic heterocycles. The van der Waals surface area contributed by atoms with Crippen molar-refractivity contribution in [2.45, 2.75) is 0 Å². The average Bonchev–Trinajstić information content (AvgIpc) is 2.33. The van der Waals surface area contributed by atoms with Crippen LogP contribution >= 0.6 is 11.6 Å². The number of nitrogens with one attached hydrogen (secondary N) is 2. The Morgan fingerprint density at radius 3 is 2.35 bits per heavy atom. The number of aromatic nitrogens is 1. The molecule has 8 heteroatoms. The minimum atomic E-state index is -1.22. The van der Waals surface area contributed by atoms with Crippen LogP contribution in [0.4, 0.5) is 29.3 Å². The molecule has 0 bridgehead atoms. The fourth-order valence-corrected chi connectivity index (χ4v) is 1.59. The van der Waals surface area contributed by atoms with Gasteiger partial charge in [-0.25, -0.2) is 22.9 Å². The summed E-state index contributed by atoms with van der Waals surface area (Å²) in [5.74, 6) is -3.51. The van der Waals surface area contributed by atoms with Crippen LogP contribution in [0, 0.1) is 17.5 Å². The highest BCUT2D eigenvalue weighted by Crippen LogP contribution is 2.20. The molecule has 0 saturated carbocycles. The highest BCUT2D eigenvalue weighted by atomic mass is 35.5. The highest BCUT2D eigenvalue weighted by molar-refractivity contribution is 6.29. The fourth-order valence-electron chi connectivity index (χ4n) is 1.42. The molecule has 0 fully saturated rings. The van der Waals surface area contributed by atoms with Crippen LogP contribution in [-0.2, 0) is 0 Å². The third-order valence-corrected chi connectivity index (χ3v) is 2.44. The topological polar surface area (TPSA) is 54.0 Å². The van der Waals surface area contributed by atoms with Crippen molar-refractivity contribution in [3.63, 3.8) is 0 Å². The number of benzene rings is 1. The number of anilines is 2. The maximum Gasteiger partial charge on any atom is 0.323 e. The summed E-state index contributed by atoms with van der Waals surface area (Å²) in [6.07, 6.45) is 1.34. The molecule has 104 valence electrons. The lowest BCUT2D eigenvalue weighted by molar-refractivity contribution is 0.262. The van der Waals surface area contributed by atoms with E-state index in [1.165, 1.54) is 18.3 Å². The van der Waals surface area contributed by atoms with Gasteiger partial charge >= 0.3 is 6.03 Å². The number of hydrogen-bond donors (Lipinski definition) is 2. The number of amides is 2. The lowest BCUT2D eigenvalue weighted by Crippen LogP contribution is -2.21. The summed E-state index contributed by atoms with van der Waals surface area (Å²) in [7, 11) is 0. The first-order chi connectivity index (χ1) is 9.45. The molecule has 1 aromatic heterocycles. The summed E-state index contributed by atoms with van der Waals surface area (Å²) in [6.45, 7) is 0. The first-order valence-corrected chi connectivity index (χ1v) is 5.67. The Kier molecular flexibility index (Phi) is 4.09. The summed E-state index contributed by atoms with van der Waals surface area (Å²) in [6, 6.07) is 2.79. The molecule has 2 rings (SSSR count). The van der Waals surface area contributed by atoms with Gasteiger partial charge in [-0.2, -0.15) is 0 Å². The predicted octanol–water partition coefficient (Wildman–Crippen LogP) is 3.80. The third kappa shape index (κ3) is 3.39. The van der Waals surface area contributed by atoms with Crippen LogP contribution < -0.4 is 10.6 Å². The van der Waals surface area contributed by atoms with Gasteiger partial charge < -0.3 is 10.6 Å². The average molecular weight is 302 g/mol. The van der Waals surface area contributed by atoms with Gasteiger partial charge in [0.05, 0.1) is 0 Å². The summed E-state index contributed by atoms with van der Waals surface area (Å²) in [4.78, 5) is 15.3. The molecule has 0 radical (unpaired) electrons. The number of rotatable bonds is 2. The van der Waals surface area contributed by atoms with Crippen molar-refractivity contribution in [3.8, 4) is 0 Å². The van der Waals surface area contributed by atoms with Crippen LogP contribution in [0.15, 0.2) is 30.5 Å². The molecule has 1 aromatic carbocycles. The molecule has 0 saturated heterocycles. The molecule has 0 unspecified atom stereocenters. The normalized spacial score (nSPS) is 10.2. The van der Waals surface area contributed by atoms with Gasteiger partial charge in [-0.3, -0.25) is 0 Å². The van der Waals surface area contributed by atoms with Crippen LogP contribution in [-0.4, -0.2) is 11.0 Å². The first-order valence-electron chi connectivity index (χ1n) is 5.30. The molecule has 0 spiro atoms. The van der Waals surface area contributed by atoms with Crippen molar-refractivity contribution < 1.29 is 18.0 Å². The Bertz CT molecular complexity index is 643. The van der Waals surface area contributed by atoms with E-state index in [4.69, 9.17) is 11.6 Å². The summed E-state index contributed by atoms with van der Waals surface area (Å²) in [5.41, 5.74) is -0.463. The standard InChI is InChI=1S/C12H7ClF3N3O/c13-10-5-7(1-2-17-10)18-12(20)19-11-8(15)3-6(14)4-9(11)16/h1-5H,(H2,17,18,19,20). The minimum Gasteiger partial charge on any atom is -0.308 e. The second-order valence-electron chi connectivity index (χ2n) is 3.69. The zero-order chi connectivity index (χ0) is 14.7. The number of urea groups is 1. The third-order valence-electron chi connectivity index (χ3n) is 2.23. The van der Waals surface area contributed by atoms with Crippen molar-refractivity contribution in [1.82, 2.24) is 4.98 Å². The second-order valence-corrected chi connectivity index (χ2v) is 4.08. The molecular formula is C12H7ClF3N3O. The van der Waals surface area contributed by atoms with Crippen molar-refractivity contribution in [3.05, 3.63) is 53.1 Å². The number of carbonyl (C=O) groups excluding carboxylic acids is 1. The van der Waals surface area contributed by atoms with Crippen molar-refractivity contribution in [2.75, 3.05) is 10.6 Å². The van der Waals surface area contributed by atoms with Crippen molar-refractivity contribution >= 4 is 29.0 Å².